The summed E-state index contributed by atoms with van der Waals surface area (Å²) in [7, 11) is 0. The van der Waals surface area contributed by atoms with Gasteiger partial charge < -0.3 is 5.32 Å². The molecule has 0 saturated heterocycles. The standard InChI is InChI=1S/C19H18ClFN6.2C2H6/c1-10(2)14-7-22-16(13(12(4)21)5-11(3)20)6-17(14)26-18-15-8-25-27-19(15)24-9-23-18;2*1-2/h5-10H,3-4H2,1-2H3,(H2,22,23,24,25,26,27);2*1-2H3/b13-5+;;. The molecule has 0 aromatic carbocycles. The van der Waals surface area contributed by atoms with E-state index in [0.717, 1.165) is 16.6 Å². The fourth-order valence-electron chi connectivity index (χ4n) is 2.62. The lowest BCUT2D eigenvalue weighted by molar-refractivity contribution is 0.677. The van der Waals surface area contributed by atoms with Gasteiger partial charge in [0.2, 0.25) is 0 Å². The molecule has 8 heteroatoms. The van der Waals surface area contributed by atoms with E-state index in [-0.39, 0.29) is 16.5 Å². The van der Waals surface area contributed by atoms with Gasteiger partial charge in [0.05, 0.1) is 17.3 Å². The van der Waals surface area contributed by atoms with Crippen molar-refractivity contribution in [3.05, 3.63) is 66.1 Å². The highest BCUT2D eigenvalue weighted by Gasteiger charge is 2.15. The zero-order valence-electron chi connectivity index (χ0n) is 18.9. The first-order valence-electron chi connectivity index (χ1n) is 10.2. The summed E-state index contributed by atoms with van der Waals surface area (Å²) >= 11 is 5.82. The number of aromatic nitrogens is 5. The second-order valence-corrected chi connectivity index (χ2v) is 6.69. The van der Waals surface area contributed by atoms with Crippen LogP contribution in [0.25, 0.3) is 16.6 Å². The van der Waals surface area contributed by atoms with Crippen LogP contribution in [0.15, 0.2) is 54.9 Å². The first-order chi connectivity index (χ1) is 14.9. The molecule has 0 unspecified atom stereocenters. The van der Waals surface area contributed by atoms with Gasteiger partial charge in [-0.15, -0.1) is 0 Å². The van der Waals surface area contributed by atoms with Crippen LogP contribution in [0.2, 0.25) is 0 Å². The Labute approximate surface area is 188 Å². The van der Waals surface area contributed by atoms with E-state index in [0.29, 0.717) is 17.2 Å². The lowest BCUT2D eigenvalue weighted by Gasteiger charge is -2.16. The number of hydrogen-bond acceptors (Lipinski definition) is 5. The van der Waals surface area contributed by atoms with Gasteiger partial charge in [-0.3, -0.25) is 10.1 Å². The molecule has 0 aliphatic heterocycles. The van der Waals surface area contributed by atoms with Crippen LogP contribution in [-0.2, 0) is 0 Å². The molecule has 0 aliphatic carbocycles. The van der Waals surface area contributed by atoms with E-state index in [9.17, 15) is 4.39 Å². The normalized spacial score (nSPS) is 10.7. The molecule has 3 aromatic rings. The lowest BCUT2D eigenvalue weighted by atomic mass is 10.0. The first-order valence-corrected chi connectivity index (χ1v) is 10.6. The number of fused-ring (bicyclic) bond motifs is 1. The molecule has 6 nitrogen and oxygen atoms in total. The molecule has 31 heavy (non-hydrogen) atoms. The molecule has 166 valence electrons. The maximum absolute atomic E-state index is 13.9. The molecule has 0 fully saturated rings. The van der Waals surface area contributed by atoms with Gasteiger partial charge in [-0.2, -0.15) is 5.10 Å². The van der Waals surface area contributed by atoms with Crippen molar-refractivity contribution >= 4 is 39.7 Å². The Bertz CT molecular complexity index is 1060. The Kier molecular flexibility index (Phi) is 10.6. The molecule has 0 amide bonds. The highest BCUT2D eigenvalue weighted by molar-refractivity contribution is 6.31. The summed E-state index contributed by atoms with van der Waals surface area (Å²) in [5, 5.41) is 11.0. The Hall–Kier alpha value is -3.06. The van der Waals surface area contributed by atoms with Crippen LogP contribution in [0.3, 0.4) is 0 Å². The highest BCUT2D eigenvalue weighted by Crippen LogP contribution is 2.32. The van der Waals surface area contributed by atoms with Crippen LogP contribution in [0.4, 0.5) is 15.9 Å². The SMILES string of the molecule is C=C(Cl)/C=C(\C(=C)F)c1cc(Nc2ncnc3[nH]ncc23)c(C(C)C)cn1.CC.CC. The molecule has 0 atom stereocenters. The molecule has 3 aromatic heterocycles. The van der Waals surface area contributed by atoms with Crippen LogP contribution in [0.5, 0.6) is 0 Å². The van der Waals surface area contributed by atoms with Gasteiger partial charge in [-0.25, -0.2) is 14.4 Å². The van der Waals surface area contributed by atoms with Crippen LogP contribution in [0, 0.1) is 0 Å². The maximum Gasteiger partial charge on any atom is 0.160 e. The summed E-state index contributed by atoms with van der Waals surface area (Å²) in [6.45, 7) is 19.0. The third-order valence-corrected chi connectivity index (χ3v) is 4.04. The minimum atomic E-state index is -0.646. The fraction of sp³-hybridized carbons (Fsp3) is 0.304. The van der Waals surface area contributed by atoms with Gasteiger partial charge in [0.1, 0.15) is 18.0 Å². The van der Waals surface area contributed by atoms with Crippen LogP contribution in [-0.4, -0.2) is 25.1 Å². The molecule has 3 heterocycles. The van der Waals surface area contributed by atoms with E-state index < -0.39 is 5.83 Å². The van der Waals surface area contributed by atoms with Crippen molar-refractivity contribution in [1.82, 2.24) is 25.1 Å². The number of anilines is 2. The smallest absolute Gasteiger partial charge is 0.160 e. The molecule has 3 rings (SSSR count). The fourth-order valence-corrected chi connectivity index (χ4v) is 2.73. The van der Waals surface area contributed by atoms with E-state index in [2.05, 4.69) is 43.6 Å². The third kappa shape index (κ3) is 6.72. The molecule has 0 bridgehead atoms. The van der Waals surface area contributed by atoms with E-state index in [4.69, 9.17) is 11.6 Å². The van der Waals surface area contributed by atoms with Crippen molar-refractivity contribution in [2.75, 3.05) is 5.32 Å². The number of pyridine rings is 1. The summed E-state index contributed by atoms with van der Waals surface area (Å²) in [6.07, 6.45) is 6.17. The van der Waals surface area contributed by atoms with E-state index in [1.54, 1.807) is 18.5 Å². The van der Waals surface area contributed by atoms with E-state index in [1.165, 1.54) is 12.4 Å². The molecule has 2 N–H and O–H groups in total. The van der Waals surface area contributed by atoms with Crippen molar-refractivity contribution in [2.45, 2.75) is 47.5 Å². The van der Waals surface area contributed by atoms with Crippen molar-refractivity contribution < 1.29 is 4.39 Å². The second-order valence-electron chi connectivity index (χ2n) is 6.20. The minimum Gasteiger partial charge on any atom is -0.339 e. The number of nitrogens with one attached hydrogen (secondary N) is 2. The van der Waals surface area contributed by atoms with Crippen LogP contribution < -0.4 is 5.32 Å². The predicted octanol–water partition coefficient (Wildman–Crippen LogP) is 7.29. The van der Waals surface area contributed by atoms with Gasteiger partial charge in [0.25, 0.3) is 0 Å². The summed E-state index contributed by atoms with van der Waals surface area (Å²) in [5.74, 6) is 0.116. The number of nitrogens with zero attached hydrogens (tertiary/aromatic N) is 4. The van der Waals surface area contributed by atoms with Gasteiger partial charge >= 0.3 is 0 Å². The zero-order valence-corrected chi connectivity index (χ0v) is 19.7. The number of rotatable bonds is 6. The number of allylic oxidation sites excluding steroid dienone is 4. The van der Waals surface area contributed by atoms with Gasteiger partial charge in [-0.1, -0.05) is 66.3 Å². The Morgan fingerprint density at radius 3 is 2.39 bits per heavy atom. The Balaban J connectivity index is 0.00000113. The van der Waals surface area contributed by atoms with E-state index >= 15 is 0 Å². The number of aromatic amines is 1. The Morgan fingerprint density at radius 1 is 1.13 bits per heavy atom. The van der Waals surface area contributed by atoms with Crippen molar-refractivity contribution in [3.8, 4) is 0 Å². The van der Waals surface area contributed by atoms with Crippen molar-refractivity contribution in [3.63, 3.8) is 0 Å². The lowest BCUT2D eigenvalue weighted by Crippen LogP contribution is -2.03. The summed E-state index contributed by atoms with van der Waals surface area (Å²) in [4.78, 5) is 12.8. The average molecular weight is 445 g/mol. The van der Waals surface area contributed by atoms with Crippen LogP contribution in [0.1, 0.15) is 58.7 Å². The summed E-state index contributed by atoms with van der Waals surface area (Å²) < 4.78 is 13.9. The first kappa shape index (κ1) is 26.0. The topological polar surface area (TPSA) is 79.4 Å². The molecule has 0 saturated carbocycles. The average Bonchev–Trinajstić information content (AvgIpc) is 3.24. The molecule has 0 radical (unpaired) electrons. The zero-order chi connectivity index (χ0) is 23.6. The minimum absolute atomic E-state index is 0.171. The van der Waals surface area contributed by atoms with Crippen molar-refractivity contribution in [2.24, 2.45) is 0 Å². The predicted molar refractivity (Wildman–Crippen MR) is 129 cm³/mol. The molecule has 0 aliphatic rings. The van der Waals surface area contributed by atoms with E-state index in [1.807, 2.05) is 41.5 Å². The maximum atomic E-state index is 13.9. The molecule has 0 spiro atoms. The van der Waals surface area contributed by atoms with Gasteiger partial charge in [0.15, 0.2) is 5.65 Å². The number of hydrogen-bond donors (Lipinski definition) is 2. The van der Waals surface area contributed by atoms with Crippen molar-refractivity contribution in [1.29, 1.82) is 0 Å². The third-order valence-electron chi connectivity index (χ3n) is 3.93. The Morgan fingerprint density at radius 2 is 1.81 bits per heavy atom. The quantitative estimate of drug-likeness (QED) is 0.390. The van der Waals surface area contributed by atoms with Crippen LogP contribution >= 0.6 is 11.6 Å². The summed E-state index contributed by atoms with van der Waals surface area (Å²) in [5.41, 5.74) is 2.85. The number of H-pyrrole nitrogens is 1. The largest absolute Gasteiger partial charge is 0.339 e. The van der Waals surface area contributed by atoms with Gasteiger partial charge in [-0.05, 0) is 23.6 Å². The summed E-state index contributed by atoms with van der Waals surface area (Å²) in [6, 6.07) is 1.74. The molecular formula is C23H30ClFN6. The number of halogens is 2. The monoisotopic (exact) mass is 444 g/mol. The molecular weight excluding hydrogens is 415 g/mol. The second kappa shape index (κ2) is 12.6. The highest BCUT2D eigenvalue weighted by atomic mass is 35.5. The van der Waals surface area contributed by atoms with Gasteiger partial charge in [0, 0.05) is 22.5 Å².